The smallest absolute Gasteiger partial charge is 0.0465 e. The largest absolute Gasteiger partial charge is 0.385 e. The van der Waals surface area contributed by atoms with Gasteiger partial charge in [0.2, 0.25) is 0 Å². The van der Waals surface area contributed by atoms with Gasteiger partial charge in [-0.05, 0) is 29.9 Å². The molecule has 0 fully saturated rings. The van der Waals surface area contributed by atoms with Gasteiger partial charge >= 0.3 is 0 Å². The Morgan fingerprint density at radius 2 is 1.88 bits per heavy atom. The molecule has 0 amide bonds. The molecule has 2 N–H and O–H groups in total. The first-order valence-electron chi connectivity index (χ1n) is 6.02. The van der Waals surface area contributed by atoms with Crippen molar-refractivity contribution in [1.29, 1.82) is 0 Å². The molecule has 0 saturated carbocycles. The molecule has 0 heterocycles. The van der Waals surface area contributed by atoms with Crippen molar-refractivity contribution in [3.63, 3.8) is 0 Å². The van der Waals surface area contributed by atoms with Gasteiger partial charge in [0.15, 0.2) is 0 Å². The third-order valence-electron chi connectivity index (χ3n) is 3.16. The van der Waals surface area contributed by atoms with Crippen LogP contribution in [-0.2, 0) is 11.2 Å². The highest BCUT2D eigenvalue weighted by Crippen LogP contribution is 2.22. The number of nitrogens with two attached hydrogens (primary N) is 1. The fraction of sp³-hybridized carbons (Fsp3) is 0.571. The van der Waals surface area contributed by atoms with Gasteiger partial charge in [-0.2, -0.15) is 0 Å². The summed E-state index contributed by atoms with van der Waals surface area (Å²) < 4.78 is 5.08. The maximum absolute atomic E-state index is 6.22. The summed E-state index contributed by atoms with van der Waals surface area (Å²) >= 11 is 0. The topological polar surface area (TPSA) is 35.2 Å². The van der Waals surface area contributed by atoms with Crippen molar-refractivity contribution in [2.45, 2.75) is 32.7 Å². The van der Waals surface area contributed by atoms with E-state index in [9.17, 15) is 0 Å². The standard InChI is InChI=1S/C14H23NO/c1-4-12-5-7-13(8-6-12)14(15)11(2)9-10-16-3/h5-8,11,14H,4,9-10,15H2,1-3H3. The average Bonchev–Trinajstić information content (AvgIpc) is 2.35. The number of benzene rings is 1. The van der Waals surface area contributed by atoms with Crippen LogP contribution in [0, 0.1) is 5.92 Å². The lowest BCUT2D eigenvalue weighted by atomic mass is 9.92. The molecule has 1 aromatic carbocycles. The number of ether oxygens (including phenoxy) is 1. The molecule has 0 aliphatic heterocycles. The van der Waals surface area contributed by atoms with Crippen molar-refractivity contribution in [3.8, 4) is 0 Å². The van der Waals surface area contributed by atoms with Gasteiger partial charge in [-0.3, -0.25) is 0 Å². The molecule has 0 bridgehead atoms. The minimum Gasteiger partial charge on any atom is -0.385 e. The zero-order valence-electron chi connectivity index (χ0n) is 10.6. The van der Waals surface area contributed by atoms with Crippen LogP contribution in [0.3, 0.4) is 0 Å². The molecule has 0 radical (unpaired) electrons. The Labute approximate surface area is 98.8 Å². The van der Waals surface area contributed by atoms with Gasteiger partial charge in [0.25, 0.3) is 0 Å². The highest BCUT2D eigenvalue weighted by atomic mass is 16.5. The van der Waals surface area contributed by atoms with E-state index in [1.807, 2.05) is 0 Å². The predicted molar refractivity (Wildman–Crippen MR) is 68.4 cm³/mol. The van der Waals surface area contributed by atoms with Crippen LogP contribution >= 0.6 is 0 Å². The summed E-state index contributed by atoms with van der Waals surface area (Å²) in [7, 11) is 1.73. The van der Waals surface area contributed by atoms with Crippen LogP contribution in [0.5, 0.6) is 0 Å². The lowest BCUT2D eigenvalue weighted by molar-refractivity contribution is 0.174. The predicted octanol–water partition coefficient (Wildman–Crippen LogP) is 2.92. The summed E-state index contributed by atoms with van der Waals surface area (Å²) in [6.45, 7) is 5.12. The van der Waals surface area contributed by atoms with E-state index in [1.165, 1.54) is 11.1 Å². The van der Waals surface area contributed by atoms with Crippen LogP contribution in [0.15, 0.2) is 24.3 Å². The first-order valence-corrected chi connectivity index (χ1v) is 6.02. The summed E-state index contributed by atoms with van der Waals surface area (Å²) in [6.07, 6.45) is 2.09. The average molecular weight is 221 g/mol. The molecule has 1 aromatic rings. The van der Waals surface area contributed by atoms with Crippen LogP contribution in [0.25, 0.3) is 0 Å². The molecule has 2 heteroatoms. The van der Waals surface area contributed by atoms with Crippen LogP contribution in [-0.4, -0.2) is 13.7 Å². The van der Waals surface area contributed by atoms with Crippen molar-refractivity contribution in [1.82, 2.24) is 0 Å². The molecule has 1 rings (SSSR count). The maximum atomic E-state index is 6.22. The Hall–Kier alpha value is -0.860. The number of hydrogen-bond acceptors (Lipinski definition) is 2. The maximum Gasteiger partial charge on any atom is 0.0465 e. The van der Waals surface area contributed by atoms with Crippen LogP contribution < -0.4 is 5.73 Å². The Kier molecular flexibility index (Phi) is 5.50. The molecule has 16 heavy (non-hydrogen) atoms. The number of rotatable bonds is 6. The summed E-state index contributed by atoms with van der Waals surface area (Å²) in [5.41, 5.74) is 8.80. The summed E-state index contributed by atoms with van der Waals surface area (Å²) in [5, 5.41) is 0. The SMILES string of the molecule is CCc1ccc(C(N)C(C)CCOC)cc1. The van der Waals surface area contributed by atoms with Gasteiger partial charge in [-0.15, -0.1) is 0 Å². The van der Waals surface area contributed by atoms with Crippen LogP contribution in [0.1, 0.15) is 37.4 Å². The Balaban J connectivity index is 2.60. The van der Waals surface area contributed by atoms with Crippen molar-refractivity contribution >= 4 is 0 Å². The van der Waals surface area contributed by atoms with Crippen molar-refractivity contribution in [2.75, 3.05) is 13.7 Å². The highest BCUT2D eigenvalue weighted by Gasteiger charge is 2.14. The van der Waals surface area contributed by atoms with Gasteiger partial charge in [-0.25, -0.2) is 0 Å². The van der Waals surface area contributed by atoms with E-state index >= 15 is 0 Å². The van der Waals surface area contributed by atoms with E-state index in [2.05, 4.69) is 38.1 Å². The summed E-state index contributed by atoms with van der Waals surface area (Å²) in [4.78, 5) is 0. The molecule has 0 saturated heterocycles. The second-order valence-corrected chi connectivity index (χ2v) is 4.38. The number of methoxy groups -OCH3 is 1. The summed E-state index contributed by atoms with van der Waals surface area (Å²) in [5.74, 6) is 0.451. The molecule has 2 atom stereocenters. The van der Waals surface area contributed by atoms with Crippen molar-refractivity contribution in [3.05, 3.63) is 35.4 Å². The van der Waals surface area contributed by atoms with Gasteiger partial charge in [0.05, 0.1) is 0 Å². The summed E-state index contributed by atoms with van der Waals surface area (Å²) in [6, 6.07) is 8.73. The lowest BCUT2D eigenvalue weighted by Crippen LogP contribution is -2.20. The first-order chi connectivity index (χ1) is 7.69. The highest BCUT2D eigenvalue weighted by molar-refractivity contribution is 5.25. The van der Waals surface area contributed by atoms with E-state index in [4.69, 9.17) is 10.5 Å². The monoisotopic (exact) mass is 221 g/mol. The Bertz CT molecular complexity index is 294. The fourth-order valence-electron chi connectivity index (χ4n) is 1.79. The number of aryl methyl sites for hydroxylation is 1. The molecule has 0 aromatic heterocycles. The van der Waals surface area contributed by atoms with Crippen LogP contribution in [0.2, 0.25) is 0 Å². The van der Waals surface area contributed by atoms with E-state index in [-0.39, 0.29) is 6.04 Å². The van der Waals surface area contributed by atoms with Gasteiger partial charge in [0.1, 0.15) is 0 Å². The van der Waals surface area contributed by atoms with Crippen molar-refractivity contribution < 1.29 is 4.74 Å². The van der Waals surface area contributed by atoms with E-state index < -0.39 is 0 Å². The quantitative estimate of drug-likeness (QED) is 0.801. The lowest BCUT2D eigenvalue weighted by Gasteiger charge is -2.20. The molecule has 2 nitrogen and oxygen atoms in total. The normalized spacial score (nSPS) is 14.8. The zero-order chi connectivity index (χ0) is 12.0. The van der Waals surface area contributed by atoms with E-state index in [1.54, 1.807) is 7.11 Å². The molecule has 0 aliphatic rings. The molecular weight excluding hydrogens is 198 g/mol. The minimum absolute atomic E-state index is 0.112. The Morgan fingerprint density at radius 1 is 1.25 bits per heavy atom. The second-order valence-electron chi connectivity index (χ2n) is 4.38. The third-order valence-corrected chi connectivity index (χ3v) is 3.16. The van der Waals surface area contributed by atoms with Gasteiger partial charge in [0, 0.05) is 19.8 Å². The molecule has 0 spiro atoms. The van der Waals surface area contributed by atoms with Crippen molar-refractivity contribution in [2.24, 2.45) is 11.7 Å². The Morgan fingerprint density at radius 3 is 2.38 bits per heavy atom. The fourth-order valence-corrected chi connectivity index (χ4v) is 1.79. The van der Waals surface area contributed by atoms with E-state index in [0.717, 1.165) is 19.4 Å². The van der Waals surface area contributed by atoms with E-state index in [0.29, 0.717) is 5.92 Å². The number of hydrogen-bond donors (Lipinski definition) is 1. The zero-order valence-corrected chi connectivity index (χ0v) is 10.6. The molecular formula is C14H23NO. The molecule has 0 aliphatic carbocycles. The second kappa shape index (κ2) is 6.66. The van der Waals surface area contributed by atoms with Gasteiger partial charge < -0.3 is 10.5 Å². The minimum atomic E-state index is 0.112. The van der Waals surface area contributed by atoms with Crippen LogP contribution in [0.4, 0.5) is 0 Å². The third kappa shape index (κ3) is 3.62. The van der Waals surface area contributed by atoms with Gasteiger partial charge in [-0.1, -0.05) is 38.1 Å². The first kappa shape index (κ1) is 13.2. The molecule has 90 valence electrons. The molecule has 2 unspecified atom stereocenters.